The quantitative estimate of drug-likeness (QED) is 0.577. The van der Waals surface area contributed by atoms with E-state index in [-0.39, 0.29) is 24.8 Å². The van der Waals surface area contributed by atoms with E-state index in [4.69, 9.17) is 0 Å². The van der Waals surface area contributed by atoms with Crippen LogP contribution >= 0.6 is 0 Å². The van der Waals surface area contributed by atoms with E-state index in [0.717, 1.165) is 5.92 Å². The molecule has 0 bridgehead atoms. The molecule has 0 aromatic carbocycles. The summed E-state index contributed by atoms with van der Waals surface area (Å²) in [5.74, 6) is 0.860. The molecule has 0 radical (unpaired) electrons. The predicted molar refractivity (Wildman–Crippen MR) is 69.2 cm³/mol. The first-order valence-electron chi connectivity index (χ1n) is 6.94. The van der Waals surface area contributed by atoms with Crippen LogP contribution in [0.2, 0.25) is 0 Å². The van der Waals surface area contributed by atoms with Crippen LogP contribution in [-0.4, -0.2) is 0 Å². The van der Waals surface area contributed by atoms with Crippen molar-refractivity contribution in [1.29, 1.82) is 0 Å². The monoisotopic (exact) mass is 372 g/mol. The third-order valence-electron chi connectivity index (χ3n) is 4.16. The minimum Gasteiger partial charge on any atom is -1.00 e. The number of rotatable bonds is 3. The first-order chi connectivity index (χ1) is 8.38. The van der Waals surface area contributed by atoms with Gasteiger partial charge in [0.2, 0.25) is 0 Å². The van der Waals surface area contributed by atoms with Crippen molar-refractivity contribution in [1.82, 2.24) is 0 Å². The summed E-state index contributed by atoms with van der Waals surface area (Å²) in [5, 5.41) is 0. The van der Waals surface area contributed by atoms with Gasteiger partial charge in [-0.3, -0.25) is 0 Å². The van der Waals surface area contributed by atoms with E-state index in [1.54, 1.807) is 8.85 Å². The Morgan fingerprint density at radius 2 is 2.00 bits per heavy atom. The standard InChI is InChI=1S/C11H15.C5H5.2ClH.Zr/c1-2-9-7-8-10-5-3-4-6-11(9)10;1-2-4-5-3-1;;;/h8-9H,2-6H2,1H3;1-3H,4H2;2*1H;/q;;;;+2/p-2. The minimum absolute atomic E-state index is 0. The first-order valence-corrected chi connectivity index (χ1v) is 9.40. The number of hydrogen-bond donors (Lipinski definition) is 0. The minimum atomic E-state index is -0.433. The average molecular weight is 374 g/mol. The SMILES string of the molecule is CCC1[C]([Zr+2][C]2=CC=CC2)=CC2=C1CCCC2.[Cl-].[Cl-]. The van der Waals surface area contributed by atoms with Gasteiger partial charge in [0.15, 0.2) is 0 Å². The van der Waals surface area contributed by atoms with Crippen LogP contribution in [0.25, 0.3) is 0 Å². The summed E-state index contributed by atoms with van der Waals surface area (Å²) >= 11 is -0.433. The molecule has 0 nitrogen and oxygen atoms in total. The van der Waals surface area contributed by atoms with Crippen molar-refractivity contribution in [3.8, 4) is 0 Å². The first kappa shape index (κ1) is 17.5. The maximum Gasteiger partial charge on any atom is -1.00 e. The van der Waals surface area contributed by atoms with E-state index in [9.17, 15) is 0 Å². The molecule has 1 unspecified atom stereocenters. The Morgan fingerprint density at radius 3 is 2.68 bits per heavy atom. The van der Waals surface area contributed by atoms with Crippen molar-refractivity contribution in [2.24, 2.45) is 5.92 Å². The summed E-state index contributed by atoms with van der Waals surface area (Å²) < 4.78 is 3.65. The Kier molecular flexibility index (Phi) is 7.37. The summed E-state index contributed by atoms with van der Waals surface area (Å²) in [6.45, 7) is 2.38. The predicted octanol–water partition coefficient (Wildman–Crippen LogP) is -1.28. The fraction of sp³-hybridized carbons (Fsp3) is 0.500. The molecule has 0 heterocycles. The van der Waals surface area contributed by atoms with Gasteiger partial charge >= 0.3 is 117 Å². The molecule has 3 rings (SSSR count). The summed E-state index contributed by atoms with van der Waals surface area (Å²) in [6, 6.07) is 0. The van der Waals surface area contributed by atoms with Crippen molar-refractivity contribution in [3.63, 3.8) is 0 Å². The maximum absolute atomic E-state index is 2.62. The van der Waals surface area contributed by atoms with E-state index >= 15 is 0 Å². The molecule has 0 saturated heterocycles. The summed E-state index contributed by atoms with van der Waals surface area (Å²) in [7, 11) is 0. The number of hydrogen-bond acceptors (Lipinski definition) is 0. The zero-order valence-electron chi connectivity index (χ0n) is 11.4. The molecule has 102 valence electrons. The fourth-order valence-corrected chi connectivity index (χ4v) is 7.16. The van der Waals surface area contributed by atoms with Gasteiger partial charge < -0.3 is 24.8 Å². The van der Waals surface area contributed by atoms with E-state index in [2.05, 4.69) is 31.2 Å². The van der Waals surface area contributed by atoms with Crippen LogP contribution in [0.4, 0.5) is 0 Å². The van der Waals surface area contributed by atoms with Gasteiger partial charge in [-0.05, 0) is 0 Å². The molecular formula is C16H20Cl2Zr. The van der Waals surface area contributed by atoms with Gasteiger partial charge in [-0.25, -0.2) is 0 Å². The van der Waals surface area contributed by atoms with Crippen LogP contribution in [0, 0.1) is 5.92 Å². The summed E-state index contributed by atoms with van der Waals surface area (Å²) in [5.41, 5.74) is 3.58. The Bertz CT molecular complexity index is 444. The third-order valence-corrected chi connectivity index (χ3v) is 7.79. The number of allylic oxidation sites excluding steroid dienone is 8. The van der Waals surface area contributed by atoms with E-state index in [0.29, 0.717) is 0 Å². The van der Waals surface area contributed by atoms with Gasteiger partial charge in [-0.1, -0.05) is 0 Å². The van der Waals surface area contributed by atoms with Crippen molar-refractivity contribution in [3.05, 3.63) is 42.0 Å². The molecule has 0 aromatic heterocycles. The molecule has 3 aliphatic carbocycles. The molecule has 0 N–H and O–H groups in total. The topological polar surface area (TPSA) is 0 Å². The number of halogens is 2. The molecule has 0 aromatic rings. The molecule has 1 atom stereocenters. The zero-order chi connectivity index (χ0) is 11.7. The smallest absolute Gasteiger partial charge is 1.00 e. The average Bonchev–Trinajstić information content (AvgIpc) is 2.96. The van der Waals surface area contributed by atoms with Gasteiger partial charge in [0.25, 0.3) is 0 Å². The van der Waals surface area contributed by atoms with Crippen molar-refractivity contribution in [2.45, 2.75) is 45.4 Å². The van der Waals surface area contributed by atoms with Crippen LogP contribution in [0.1, 0.15) is 45.4 Å². The largest absolute Gasteiger partial charge is 1.00 e. The molecule has 19 heavy (non-hydrogen) atoms. The van der Waals surface area contributed by atoms with Gasteiger partial charge in [0.05, 0.1) is 0 Å². The Morgan fingerprint density at radius 1 is 1.21 bits per heavy atom. The van der Waals surface area contributed by atoms with Crippen molar-refractivity contribution < 1.29 is 48.0 Å². The molecule has 3 aliphatic rings. The molecule has 0 aliphatic heterocycles. The molecule has 3 heteroatoms. The second kappa shape index (κ2) is 8.01. The molecule has 0 spiro atoms. The fourth-order valence-electron chi connectivity index (χ4n) is 3.31. The molecule has 0 saturated carbocycles. The second-order valence-electron chi connectivity index (χ2n) is 5.27. The van der Waals surface area contributed by atoms with E-state index in [1.807, 2.05) is 8.85 Å². The Balaban J connectivity index is 0.000000902. The molecule has 0 fully saturated rings. The van der Waals surface area contributed by atoms with Crippen LogP contribution in [0.3, 0.4) is 0 Å². The normalized spacial score (nSPS) is 23.9. The van der Waals surface area contributed by atoms with Crippen LogP contribution in [0.15, 0.2) is 42.0 Å². The maximum atomic E-state index is 2.62. The van der Waals surface area contributed by atoms with Crippen LogP contribution < -0.4 is 24.8 Å². The zero-order valence-corrected chi connectivity index (χ0v) is 15.4. The van der Waals surface area contributed by atoms with Crippen LogP contribution in [0.5, 0.6) is 0 Å². The third kappa shape index (κ3) is 3.75. The second-order valence-corrected chi connectivity index (χ2v) is 8.88. The molecule has 0 amide bonds. The van der Waals surface area contributed by atoms with Crippen molar-refractivity contribution >= 4 is 0 Å². The van der Waals surface area contributed by atoms with Crippen LogP contribution in [-0.2, 0) is 23.2 Å². The van der Waals surface area contributed by atoms with Gasteiger partial charge in [-0.15, -0.1) is 0 Å². The van der Waals surface area contributed by atoms with Gasteiger partial charge in [0, 0.05) is 0 Å². The summed E-state index contributed by atoms with van der Waals surface area (Å²) in [6.07, 6.45) is 17.8. The van der Waals surface area contributed by atoms with Gasteiger partial charge in [0.1, 0.15) is 0 Å². The van der Waals surface area contributed by atoms with Crippen molar-refractivity contribution in [2.75, 3.05) is 0 Å². The van der Waals surface area contributed by atoms with E-state index < -0.39 is 23.2 Å². The Hall–Kier alpha value is 0.423. The Labute approximate surface area is 140 Å². The molecular weight excluding hydrogens is 354 g/mol. The summed E-state index contributed by atoms with van der Waals surface area (Å²) in [4.78, 5) is 0. The van der Waals surface area contributed by atoms with E-state index in [1.165, 1.54) is 38.5 Å². The van der Waals surface area contributed by atoms with Gasteiger partial charge in [-0.2, -0.15) is 0 Å².